The van der Waals surface area contributed by atoms with Crippen molar-refractivity contribution in [1.29, 1.82) is 0 Å². The molecule has 7 heteroatoms. The third kappa shape index (κ3) is 3.68. The average Bonchev–Trinajstić information content (AvgIpc) is 3.44. The van der Waals surface area contributed by atoms with E-state index >= 15 is 0 Å². The number of carbonyl (C=O) groups is 2. The summed E-state index contributed by atoms with van der Waals surface area (Å²) >= 11 is 3.74. The minimum atomic E-state index is -0.465. The molecule has 9 atom stereocenters. The summed E-state index contributed by atoms with van der Waals surface area (Å²) in [5.41, 5.74) is 0.651. The van der Waals surface area contributed by atoms with Gasteiger partial charge < -0.3 is 19.7 Å². The standard InChI is InChI=1S/C24H35BrO6/c1-13(27)30-11-21(25)22(3)6-5-16-15(8-22)18(29)7-20-23(16,4)10-19(31-14(2)28)17-9-24(17,20)12-26/h5,15,17-21,26,29H,6-12H2,1-4H3/t15-,17+,18-,19-,20+,21+,22+,23+,24-/m1/s1. The Morgan fingerprint density at radius 2 is 1.94 bits per heavy atom. The lowest BCUT2D eigenvalue weighted by atomic mass is 9.48. The van der Waals surface area contributed by atoms with Gasteiger partial charge in [-0.3, -0.25) is 9.59 Å². The van der Waals surface area contributed by atoms with Gasteiger partial charge in [-0.15, -0.1) is 0 Å². The third-order valence-corrected chi connectivity index (χ3v) is 10.4. The van der Waals surface area contributed by atoms with E-state index in [0.717, 1.165) is 25.7 Å². The van der Waals surface area contributed by atoms with Crippen molar-refractivity contribution in [3.63, 3.8) is 0 Å². The Balaban J connectivity index is 1.64. The summed E-state index contributed by atoms with van der Waals surface area (Å²) in [5, 5.41) is 21.6. The van der Waals surface area contributed by atoms with Gasteiger partial charge in [-0.05, 0) is 48.9 Å². The van der Waals surface area contributed by atoms with Crippen molar-refractivity contribution >= 4 is 27.9 Å². The van der Waals surface area contributed by atoms with Gasteiger partial charge in [-0.25, -0.2) is 0 Å². The van der Waals surface area contributed by atoms with Gasteiger partial charge in [0.1, 0.15) is 12.7 Å². The van der Waals surface area contributed by atoms with E-state index < -0.39 is 6.10 Å². The van der Waals surface area contributed by atoms with Crippen LogP contribution in [-0.2, 0) is 19.1 Å². The summed E-state index contributed by atoms with van der Waals surface area (Å²) in [7, 11) is 0. The van der Waals surface area contributed by atoms with Crippen LogP contribution in [0.5, 0.6) is 0 Å². The first-order chi connectivity index (χ1) is 14.5. The van der Waals surface area contributed by atoms with Crippen LogP contribution in [0.15, 0.2) is 11.6 Å². The summed E-state index contributed by atoms with van der Waals surface area (Å²) in [6.45, 7) is 7.68. The molecule has 0 heterocycles. The number of aliphatic hydroxyl groups excluding tert-OH is 2. The van der Waals surface area contributed by atoms with E-state index in [1.54, 1.807) is 0 Å². The fraction of sp³-hybridized carbons (Fsp3) is 0.833. The Hall–Kier alpha value is -0.920. The van der Waals surface area contributed by atoms with Gasteiger partial charge in [0.15, 0.2) is 0 Å². The van der Waals surface area contributed by atoms with E-state index in [1.807, 2.05) is 0 Å². The Morgan fingerprint density at radius 1 is 1.23 bits per heavy atom. The molecule has 4 aliphatic carbocycles. The lowest BCUT2D eigenvalue weighted by molar-refractivity contribution is -0.158. The van der Waals surface area contributed by atoms with Gasteiger partial charge in [0.2, 0.25) is 0 Å². The number of esters is 2. The summed E-state index contributed by atoms with van der Waals surface area (Å²) in [6, 6.07) is 0. The van der Waals surface area contributed by atoms with Crippen LogP contribution in [0.2, 0.25) is 0 Å². The molecule has 0 aromatic rings. The van der Waals surface area contributed by atoms with Gasteiger partial charge in [0.25, 0.3) is 0 Å². The van der Waals surface area contributed by atoms with Crippen LogP contribution in [0.1, 0.15) is 59.8 Å². The van der Waals surface area contributed by atoms with Crippen LogP contribution in [0.25, 0.3) is 0 Å². The topological polar surface area (TPSA) is 93.1 Å². The largest absolute Gasteiger partial charge is 0.465 e. The Kier molecular flexibility index (Phi) is 5.88. The second kappa shape index (κ2) is 7.84. The maximum Gasteiger partial charge on any atom is 0.302 e. The molecule has 3 fully saturated rings. The monoisotopic (exact) mass is 498 g/mol. The molecular weight excluding hydrogens is 464 g/mol. The Labute approximate surface area is 192 Å². The molecule has 0 saturated heterocycles. The van der Waals surface area contributed by atoms with Crippen molar-refractivity contribution in [2.75, 3.05) is 13.2 Å². The maximum absolute atomic E-state index is 11.8. The number of allylic oxidation sites excluding steroid dienone is 1. The van der Waals surface area contributed by atoms with Gasteiger partial charge in [-0.2, -0.15) is 0 Å². The van der Waals surface area contributed by atoms with E-state index in [0.29, 0.717) is 13.0 Å². The number of carbonyl (C=O) groups excluding carboxylic acids is 2. The summed E-state index contributed by atoms with van der Waals surface area (Å²) in [5.74, 6) is -0.171. The maximum atomic E-state index is 11.8. The molecule has 0 spiro atoms. The molecule has 3 saturated carbocycles. The number of alkyl halides is 1. The third-order valence-electron chi connectivity index (χ3n) is 8.99. The van der Waals surface area contributed by atoms with E-state index in [-0.39, 0.29) is 63.5 Å². The first-order valence-corrected chi connectivity index (χ1v) is 12.3. The molecule has 2 N–H and O–H groups in total. The van der Waals surface area contributed by atoms with Gasteiger partial charge in [-0.1, -0.05) is 41.4 Å². The second-order valence-corrected chi connectivity index (χ2v) is 12.0. The highest BCUT2D eigenvalue weighted by Crippen LogP contribution is 2.74. The van der Waals surface area contributed by atoms with Crippen molar-refractivity contribution in [2.24, 2.45) is 34.0 Å². The number of rotatable bonds is 5. The van der Waals surface area contributed by atoms with Crippen molar-refractivity contribution in [3.8, 4) is 0 Å². The molecule has 0 bridgehead atoms. The van der Waals surface area contributed by atoms with E-state index in [4.69, 9.17) is 9.47 Å². The molecule has 4 aliphatic rings. The van der Waals surface area contributed by atoms with Crippen LogP contribution >= 0.6 is 15.9 Å². The molecule has 6 nitrogen and oxygen atoms in total. The number of hydrogen-bond acceptors (Lipinski definition) is 6. The molecule has 0 unspecified atom stereocenters. The smallest absolute Gasteiger partial charge is 0.302 e. The van der Waals surface area contributed by atoms with Crippen LogP contribution < -0.4 is 0 Å². The second-order valence-electron chi connectivity index (χ2n) is 10.9. The number of aliphatic hydroxyl groups is 2. The molecule has 31 heavy (non-hydrogen) atoms. The lowest BCUT2D eigenvalue weighted by Crippen LogP contribution is -2.56. The van der Waals surface area contributed by atoms with Gasteiger partial charge in [0.05, 0.1) is 10.9 Å². The van der Waals surface area contributed by atoms with Crippen LogP contribution in [0.4, 0.5) is 0 Å². The number of halogens is 1. The summed E-state index contributed by atoms with van der Waals surface area (Å²) in [6.07, 6.45) is 5.53. The lowest BCUT2D eigenvalue weighted by Gasteiger charge is -2.58. The predicted octanol–water partition coefficient (Wildman–Crippen LogP) is 3.38. The van der Waals surface area contributed by atoms with Crippen LogP contribution in [0.3, 0.4) is 0 Å². The minimum Gasteiger partial charge on any atom is -0.465 e. The minimum absolute atomic E-state index is 0.00354. The zero-order valence-electron chi connectivity index (χ0n) is 18.9. The normalized spacial score (nSPS) is 46.5. The van der Waals surface area contributed by atoms with Gasteiger partial charge in [0, 0.05) is 37.7 Å². The van der Waals surface area contributed by atoms with E-state index in [9.17, 15) is 19.8 Å². The zero-order chi connectivity index (χ0) is 22.8. The molecule has 0 radical (unpaired) electrons. The van der Waals surface area contributed by atoms with Crippen molar-refractivity contribution in [1.82, 2.24) is 0 Å². The van der Waals surface area contributed by atoms with Crippen molar-refractivity contribution in [2.45, 2.75) is 76.8 Å². The molecule has 0 aromatic heterocycles. The Bertz CT molecular complexity index is 797. The highest BCUT2D eigenvalue weighted by atomic mass is 79.9. The SMILES string of the molecule is CC(=O)OC[C@H](Br)[C@@]1(C)CC=C2[C@@H](C1)[C@H](O)C[C@@H]1[C@@]3(CO)C[C@H]3[C@H](OC(C)=O)C[C@@]21C. The highest BCUT2D eigenvalue weighted by Gasteiger charge is 2.72. The van der Waals surface area contributed by atoms with Crippen molar-refractivity contribution < 1.29 is 29.3 Å². The zero-order valence-corrected chi connectivity index (χ0v) is 20.5. The molecule has 0 aromatic carbocycles. The number of hydrogen-bond donors (Lipinski definition) is 2. The van der Waals surface area contributed by atoms with Gasteiger partial charge >= 0.3 is 11.9 Å². The quantitative estimate of drug-likeness (QED) is 0.342. The fourth-order valence-corrected chi connectivity index (χ4v) is 7.78. The molecule has 0 amide bonds. The predicted molar refractivity (Wildman–Crippen MR) is 118 cm³/mol. The molecular formula is C24H35BrO6. The first-order valence-electron chi connectivity index (χ1n) is 11.4. The Morgan fingerprint density at radius 3 is 2.55 bits per heavy atom. The molecule has 174 valence electrons. The average molecular weight is 499 g/mol. The summed E-state index contributed by atoms with van der Waals surface area (Å²) in [4.78, 5) is 23.0. The first kappa shape index (κ1) is 23.2. The number of ether oxygens (including phenoxy) is 2. The van der Waals surface area contributed by atoms with Crippen LogP contribution in [0, 0.1) is 34.0 Å². The highest BCUT2D eigenvalue weighted by molar-refractivity contribution is 9.09. The molecule has 0 aliphatic heterocycles. The van der Waals surface area contributed by atoms with Crippen LogP contribution in [-0.4, -0.2) is 52.4 Å². The summed E-state index contributed by atoms with van der Waals surface area (Å²) < 4.78 is 11.0. The van der Waals surface area contributed by atoms with E-state index in [2.05, 4.69) is 35.9 Å². The fourth-order valence-electron chi connectivity index (χ4n) is 7.28. The van der Waals surface area contributed by atoms with E-state index in [1.165, 1.54) is 19.4 Å². The molecule has 4 rings (SSSR count). The number of fused-ring (bicyclic) bond motifs is 5. The van der Waals surface area contributed by atoms with Crippen molar-refractivity contribution in [3.05, 3.63) is 11.6 Å².